The first-order valence-electron chi connectivity index (χ1n) is 8.59. The number of nitrogens with zero attached hydrogens (tertiary/aromatic N) is 2. The Morgan fingerprint density at radius 2 is 1.78 bits per heavy atom. The summed E-state index contributed by atoms with van der Waals surface area (Å²) in [7, 11) is 2.11. The molecule has 0 aliphatic heterocycles. The number of benzene rings is 2. The second kappa shape index (κ2) is 5.77. The summed E-state index contributed by atoms with van der Waals surface area (Å²) in [6.45, 7) is 2.19. The predicted octanol–water partition coefficient (Wildman–Crippen LogP) is 4.69. The van der Waals surface area contributed by atoms with E-state index in [4.69, 9.17) is 4.98 Å². The van der Waals surface area contributed by atoms with E-state index in [0.717, 1.165) is 5.52 Å². The van der Waals surface area contributed by atoms with Gasteiger partial charge in [-0.15, -0.1) is 0 Å². The van der Waals surface area contributed by atoms with E-state index in [0.29, 0.717) is 5.92 Å². The third-order valence-electron chi connectivity index (χ3n) is 5.23. The number of aryl methyl sites for hydroxylation is 2. The third-order valence-corrected chi connectivity index (χ3v) is 5.23. The Hall–Kier alpha value is -2.22. The smallest absolute Gasteiger partial charge is 0.232 e. The minimum absolute atomic E-state index is 0.686. The minimum Gasteiger partial charge on any atom is -0.232 e. The van der Waals surface area contributed by atoms with Gasteiger partial charge in [0, 0.05) is 5.56 Å². The van der Waals surface area contributed by atoms with Crippen LogP contribution in [-0.2, 0) is 7.05 Å². The van der Waals surface area contributed by atoms with E-state index in [1.807, 2.05) is 6.33 Å². The van der Waals surface area contributed by atoms with Crippen LogP contribution in [0.15, 0.2) is 48.8 Å². The van der Waals surface area contributed by atoms with E-state index in [1.165, 1.54) is 53.5 Å². The molecule has 1 aliphatic carbocycles. The second-order valence-corrected chi connectivity index (χ2v) is 6.74. The van der Waals surface area contributed by atoms with Crippen molar-refractivity contribution < 1.29 is 4.57 Å². The van der Waals surface area contributed by atoms with Gasteiger partial charge in [0.1, 0.15) is 5.69 Å². The molecule has 0 saturated heterocycles. The molecule has 0 spiro atoms. The van der Waals surface area contributed by atoms with Gasteiger partial charge in [-0.05, 0) is 47.9 Å². The lowest BCUT2D eigenvalue weighted by Gasteiger charge is -2.15. The lowest BCUT2D eigenvalue weighted by Crippen LogP contribution is -2.32. The van der Waals surface area contributed by atoms with Crippen LogP contribution in [0.4, 0.5) is 0 Å². The molecule has 4 rings (SSSR count). The normalized spacial score (nSPS) is 15.4. The first-order chi connectivity index (χ1) is 11.3. The van der Waals surface area contributed by atoms with Crippen molar-refractivity contribution in [3.8, 4) is 11.3 Å². The highest BCUT2D eigenvalue weighted by atomic mass is 15.0. The predicted molar refractivity (Wildman–Crippen MR) is 94.3 cm³/mol. The molecule has 0 atom stereocenters. The van der Waals surface area contributed by atoms with Gasteiger partial charge in [-0.25, -0.2) is 4.57 Å². The van der Waals surface area contributed by atoms with Crippen molar-refractivity contribution in [3.05, 3.63) is 59.9 Å². The molecule has 0 N–H and O–H groups in total. The van der Waals surface area contributed by atoms with Crippen molar-refractivity contribution in [1.82, 2.24) is 4.98 Å². The van der Waals surface area contributed by atoms with Crippen LogP contribution in [0.5, 0.6) is 0 Å². The summed E-state index contributed by atoms with van der Waals surface area (Å²) >= 11 is 0. The fourth-order valence-corrected chi connectivity index (χ4v) is 4.05. The molecule has 2 aromatic carbocycles. The summed E-state index contributed by atoms with van der Waals surface area (Å²) in [5.41, 5.74) is 6.54. The van der Waals surface area contributed by atoms with Crippen LogP contribution in [0.25, 0.3) is 22.2 Å². The Morgan fingerprint density at radius 3 is 2.57 bits per heavy atom. The van der Waals surface area contributed by atoms with Crippen LogP contribution < -0.4 is 4.57 Å². The Labute approximate surface area is 137 Å². The number of hydrogen-bond acceptors (Lipinski definition) is 1. The van der Waals surface area contributed by atoms with Crippen LogP contribution in [0.2, 0.25) is 0 Å². The van der Waals surface area contributed by atoms with Crippen LogP contribution in [0, 0.1) is 6.92 Å². The van der Waals surface area contributed by atoms with Gasteiger partial charge < -0.3 is 0 Å². The Kier molecular flexibility index (Phi) is 3.60. The summed E-state index contributed by atoms with van der Waals surface area (Å²) in [5, 5.41) is 1.35. The molecule has 2 heteroatoms. The van der Waals surface area contributed by atoms with E-state index in [-0.39, 0.29) is 0 Å². The van der Waals surface area contributed by atoms with Gasteiger partial charge in [0.05, 0.1) is 12.4 Å². The molecule has 1 fully saturated rings. The lowest BCUT2D eigenvalue weighted by molar-refractivity contribution is -0.662. The van der Waals surface area contributed by atoms with Crippen molar-refractivity contribution in [1.29, 1.82) is 0 Å². The molecule has 1 heterocycles. The van der Waals surface area contributed by atoms with Gasteiger partial charge >= 0.3 is 0 Å². The zero-order valence-electron chi connectivity index (χ0n) is 13.9. The topological polar surface area (TPSA) is 16.8 Å². The summed E-state index contributed by atoms with van der Waals surface area (Å²) in [5.74, 6) is 0.686. The van der Waals surface area contributed by atoms with Crippen LogP contribution >= 0.6 is 0 Å². The fraction of sp³-hybridized carbons (Fsp3) is 0.333. The van der Waals surface area contributed by atoms with E-state index in [2.05, 4.69) is 61.0 Å². The standard InChI is InChI=1S/C21H23N2/c1-15-8-3-6-11-17(15)21-20-18(16-9-4-5-10-16)12-7-13-19(20)22-14-23(21)2/h3,6-8,11-14,16H,4-5,9-10H2,1-2H3/q+1. The molecular weight excluding hydrogens is 280 g/mol. The maximum Gasteiger partial charge on any atom is 0.287 e. The molecule has 0 bridgehead atoms. The van der Waals surface area contributed by atoms with Crippen molar-refractivity contribution in [2.45, 2.75) is 38.5 Å². The Morgan fingerprint density at radius 1 is 1.00 bits per heavy atom. The first-order valence-corrected chi connectivity index (χ1v) is 8.59. The van der Waals surface area contributed by atoms with E-state index in [1.54, 1.807) is 0 Å². The molecule has 23 heavy (non-hydrogen) atoms. The van der Waals surface area contributed by atoms with Gasteiger partial charge in [0.25, 0.3) is 6.33 Å². The SMILES string of the molecule is Cc1ccccc1-c1c2c(C3CCCC3)cccc2nc[n+]1C. The lowest BCUT2D eigenvalue weighted by atomic mass is 9.90. The largest absolute Gasteiger partial charge is 0.287 e. The quantitative estimate of drug-likeness (QED) is 0.627. The Bertz CT molecular complexity index is 861. The maximum absolute atomic E-state index is 4.69. The average Bonchev–Trinajstić information content (AvgIpc) is 3.10. The second-order valence-electron chi connectivity index (χ2n) is 6.74. The molecule has 0 radical (unpaired) electrons. The summed E-state index contributed by atoms with van der Waals surface area (Å²) in [4.78, 5) is 4.69. The summed E-state index contributed by atoms with van der Waals surface area (Å²) < 4.78 is 2.18. The van der Waals surface area contributed by atoms with Crippen molar-refractivity contribution in [2.24, 2.45) is 7.05 Å². The van der Waals surface area contributed by atoms with Crippen molar-refractivity contribution in [2.75, 3.05) is 0 Å². The molecular formula is C21H23N2+. The van der Waals surface area contributed by atoms with Crippen LogP contribution in [0.3, 0.4) is 0 Å². The maximum atomic E-state index is 4.69. The Balaban J connectivity index is 2.06. The number of aromatic nitrogens is 2. The minimum atomic E-state index is 0.686. The molecule has 116 valence electrons. The van der Waals surface area contributed by atoms with Gasteiger partial charge in [0.2, 0.25) is 0 Å². The van der Waals surface area contributed by atoms with E-state index < -0.39 is 0 Å². The van der Waals surface area contributed by atoms with Gasteiger partial charge in [-0.2, -0.15) is 0 Å². The molecule has 3 aromatic rings. The highest BCUT2D eigenvalue weighted by Gasteiger charge is 2.25. The number of rotatable bonds is 2. The zero-order valence-corrected chi connectivity index (χ0v) is 13.9. The molecule has 0 amide bonds. The van der Waals surface area contributed by atoms with Crippen molar-refractivity contribution in [3.63, 3.8) is 0 Å². The molecule has 1 aliphatic rings. The highest BCUT2D eigenvalue weighted by molar-refractivity contribution is 5.94. The van der Waals surface area contributed by atoms with E-state index in [9.17, 15) is 0 Å². The van der Waals surface area contributed by atoms with Crippen LogP contribution in [-0.4, -0.2) is 4.98 Å². The number of fused-ring (bicyclic) bond motifs is 1. The first kappa shape index (κ1) is 14.4. The molecule has 1 saturated carbocycles. The average molecular weight is 303 g/mol. The highest BCUT2D eigenvalue weighted by Crippen LogP contribution is 2.39. The molecule has 2 nitrogen and oxygen atoms in total. The van der Waals surface area contributed by atoms with Gasteiger partial charge in [-0.3, -0.25) is 0 Å². The number of hydrogen-bond donors (Lipinski definition) is 0. The van der Waals surface area contributed by atoms with Crippen molar-refractivity contribution >= 4 is 10.9 Å². The molecule has 1 aromatic heterocycles. The monoisotopic (exact) mass is 303 g/mol. The van der Waals surface area contributed by atoms with Gasteiger partial charge in [0.15, 0.2) is 5.52 Å². The zero-order chi connectivity index (χ0) is 15.8. The summed E-state index contributed by atoms with van der Waals surface area (Å²) in [6, 6.07) is 15.3. The summed E-state index contributed by atoms with van der Waals surface area (Å²) in [6.07, 6.45) is 7.28. The fourth-order valence-electron chi connectivity index (χ4n) is 4.05. The van der Waals surface area contributed by atoms with Crippen LogP contribution in [0.1, 0.15) is 42.7 Å². The molecule has 0 unspecified atom stereocenters. The third kappa shape index (κ3) is 2.42. The van der Waals surface area contributed by atoms with Gasteiger partial charge in [-0.1, -0.05) is 49.2 Å². The van der Waals surface area contributed by atoms with E-state index >= 15 is 0 Å².